The van der Waals surface area contributed by atoms with Crippen LogP contribution in [-0.4, -0.2) is 32.2 Å². The van der Waals surface area contributed by atoms with Crippen molar-refractivity contribution in [1.29, 1.82) is 0 Å². The molecule has 23 heavy (non-hydrogen) atoms. The van der Waals surface area contributed by atoms with E-state index in [0.717, 1.165) is 5.69 Å². The number of anilines is 2. The Morgan fingerprint density at radius 2 is 1.78 bits per heavy atom. The number of hydrogen-bond acceptors (Lipinski definition) is 3. The average Bonchev–Trinajstić information content (AvgIpc) is 2.58. The molecule has 1 aliphatic heterocycles. The lowest BCUT2D eigenvalue weighted by atomic mass is 10.2. The molecular weight excluding hydrogens is 302 g/mol. The van der Waals surface area contributed by atoms with E-state index in [1.807, 2.05) is 4.90 Å². The maximum absolute atomic E-state index is 14.0. The predicted molar refractivity (Wildman–Crippen MR) is 83.8 cm³/mol. The van der Waals surface area contributed by atoms with Crippen LogP contribution < -0.4 is 10.2 Å². The maximum atomic E-state index is 14.0. The molecule has 1 heterocycles. The number of carbonyl (C=O) groups is 1. The fraction of sp³-hybridized carbons (Fsp3) is 0.235. The largest absolute Gasteiger partial charge is 0.378 e. The number of benzene rings is 2. The Kier molecular flexibility index (Phi) is 4.52. The van der Waals surface area contributed by atoms with Gasteiger partial charge in [0, 0.05) is 18.8 Å². The van der Waals surface area contributed by atoms with Gasteiger partial charge in [-0.1, -0.05) is 12.1 Å². The highest BCUT2D eigenvalue weighted by Gasteiger charge is 2.16. The Hall–Kier alpha value is -2.47. The van der Waals surface area contributed by atoms with Crippen LogP contribution in [-0.2, 0) is 4.74 Å². The van der Waals surface area contributed by atoms with E-state index < -0.39 is 17.5 Å². The van der Waals surface area contributed by atoms with Crippen LogP contribution in [0.5, 0.6) is 0 Å². The molecule has 1 aliphatic rings. The van der Waals surface area contributed by atoms with E-state index in [-0.39, 0.29) is 11.3 Å². The molecule has 0 aliphatic carbocycles. The fourth-order valence-electron chi connectivity index (χ4n) is 2.46. The first kappa shape index (κ1) is 15.4. The van der Waals surface area contributed by atoms with Gasteiger partial charge in [0.05, 0.1) is 24.5 Å². The van der Waals surface area contributed by atoms with Crippen LogP contribution in [0.2, 0.25) is 0 Å². The number of nitrogens with zero attached hydrogens (tertiary/aromatic N) is 1. The van der Waals surface area contributed by atoms with Crippen LogP contribution in [0.3, 0.4) is 0 Å². The molecule has 1 saturated heterocycles. The van der Waals surface area contributed by atoms with E-state index in [0.29, 0.717) is 26.3 Å². The first-order valence-electron chi connectivity index (χ1n) is 7.33. The summed E-state index contributed by atoms with van der Waals surface area (Å²) in [4.78, 5) is 14.2. The Morgan fingerprint density at radius 3 is 2.52 bits per heavy atom. The third kappa shape index (κ3) is 3.48. The van der Waals surface area contributed by atoms with Crippen molar-refractivity contribution in [2.45, 2.75) is 0 Å². The molecule has 3 rings (SSSR count). The second-order valence-electron chi connectivity index (χ2n) is 5.20. The minimum Gasteiger partial charge on any atom is -0.378 e. The van der Waals surface area contributed by atoms with Gasteiger partial charge < -0.3 is 15.0 Å². The minimum absolute atomic E-state index is 0.0299. The Bertz CT molecular complexity index is 715. The molecule has 1 amide bonds. The molecule has 1 N–H and O–H groups in total. The summed E-state index contributed by atoms with van der Waals surface area (Å²) in [6.45, 7) is 2.61. The summed E-state index contributed by atoms with van der Waals surface area (Å²) in [6, 6.07) is 10.1. The predicted octanol–water partition coefficient (Wildman–Crippen LogP) is 3.05. The molecule has 0 unspecified atom stereocenters. The van der Waals surface area contributed by atoms with Crippen molar-refractivity contribution in [2.75, 3.05) is 36.5 Å². The molecule has 120 valence electrons. The van der Waals surface area contributed by atoms with Crippen molar-refractivity contribution in [3.63, 3.8) is 0 Å². The van der Waals surface area contributed by atoms with E-state index in [1.165, 1.54) is 24.3 Å². The molecule has 2 aromatic rings. The number of halogens is 2. The Morgan fingerprint density at radius 1 is 1.04 bits per heavy atom. The Balaban J connectivity index is 1.82. The first-order chi connectivity index (χ1) is 11.1. The molecule has 6 heteroatoms. The molecule has 0 atom stereocenters. The van der Waals surface area contributed by atoms with Gasteiger partial charge in [0.1, 0.15) is 11.6 Å². The van der Waals surface area contributed by atoms with Gasteiger partial charge in [-0.25, -0.2) is 8.78 Å². The lowest BCUT2D eigenvalue weighted by Crippen LogP contribution is -2.36. The number of ether oxygens (including phenoxy) is 1. The smallest absolute Gasteiger partial charge is 0.258 e. The molecule has 0 bridgehead atoms. The van der Waals surface area contributed by atoms with Crippen LogP contribution in [0.1, 0.15) is 10.4 Å². The van der Waals surface area contributed by atoms with E-state index in [1.54, 1.807) is 18.2 Å². The highest BCUT2D eigenvalue weighted by atomic mass is 19.1. The van der Waals surface area contributed by atoms with Crippen LogP contribution in [0, 0.1) is 11.6 Å². The quantitative estimate of drug-likeness (QED) is 0.946. The number of carbonyl (C=O) groups excluding carboxylic acids is 1. The molecular formula is C17H16F2N2O2. The van der Waals surface area contributed by atoms with Gasteiger partial charge >= 0.3 is 0 Å². The van der Waals surface area contributed by atoms with E-state index in [4.69, 9.17) is 4.74 Å². The van der Waals surface area contributed by atoms with Gasteiger partial charge in [-0.3, -0.25) is 4.79 Å². The molecule has 2 aromatic carbocycles. The third-order valence-corrected chi connectivity index (χ3v) is 3.69. The molecule has 4 nitrogen and oxygen atoms in total. The van der Waals surface area contributed by atoms with Crippen molar-refractivity contribution >= 4 is 17.3 Å². The number of nitrogens with one attached hydrogen (secondary N) is 1. The molecule has 0 radical (unpaired) electrons. The van der Waals surface area contributed by atoms with E-state index in [2.05, 4.69) is 5.32 Å². The number of hydrogen-bond donors (Lipinski definition) is 1. The highest BCUT2D eigenvalue weighted by molar-refractivity contribution is 6.04. The minimum atomic E-state index is -0.680. The normalized spacial score (nSPS) is 14.6. The Labute approximate surface area is 132 Å². The zero-order valence-corrected chi connectivity index (χ0v) is 12.4. The standard InChI is InChI=1S/C17H16F2N2O2/c18-14-4-2-1-3-13(14)17(22)20-16-11-12(5-6-15(16)19)21-7-9-23-10-8-21/h1-6,11H,7-10H2,(H,20,22). The molecule has 0 saturated carbocycles. The number of morpholine rings is 1. The summed E-state index contributed by atoms with van der Waals surface area (Å²) in [7, 11) is 0. The van der Waals surface area contributed by atoms with Gasteiger partial charge in [0.15, 0.2) is 0 Å². The topological polar surface area (TPSA) is 41.6 Å². The van der Waals surface area contributed by atoms with Crippen molar-refractivity contribution in [2.24, 2.45) is 0 Å². The average molecular weight is 318 g/mol. The highest BCUT2D eigenvalue weighted by Crippen LogP contribution is 2.24. The zero-order chi connectivity index (χ0) is 16.2. The van der Waals surface area contributed by atoms with E-state index >= 15 is 0 Å². The van der Waals surface area contributed by atoms with Gasteiger partial charge in [0.25, 0.3) is 5.91 Å². The summed E-state index contributed by atoms with van der Waals surface area (Å²) < 4.78 is 32.9. The molecule has 0 aromatic heterocycles. The van der Waals surface area contributed by atoms with Gasteiger partial charge in [-0.2, -0.15) is 0 Å². The van der Waals surface area contributed by atoms with Crippen LogP contribution in [0.4, 0.5) is 20.2 Å². The lowest BCUT2D eigenvalue weighted by Gasteiger charge is -2.29. The van der Waals surface area contributed by atoms with Crippen LogP contribution in [0.25, 0.3) is 0 Å². The SMILES string of the molecule is O=C(Nc1cc(N2CCOCC2)ccc1F)c1ccccc1F. The van der Waals surface area contributed by atoms with Crippen molar-refractivity contribution in [1.82, 2.24) is 0 Å². The lowest BCUT2D eigenvalue weighted by molar-refractivity contribution is 0.102. The second-order valence-corrected chi connectivity index (χ2v) is 5.20. The number of rotatable bonds is 3. The fourth-order valence-corrected chi connectivity index (χ4v) is 2.46. The van der Waals surface area contributed by atoms with Gasteiger partial charge in [-0.15, -0.1) is 0 Å². The summed E-state index contributed by atoms with van der Waals surface area (Å²) in [5.74, 6) is -1.89. The van der Waals surface area contributed by atoms with Crippen LogP contribution >= 0.6 is 0 Å². The second kappa shape index (κ2) is 6.75. The third-order valence-electron chi connectivity index (χ3n) is 3.69. The molecule has 0 spiro atoms. The number of amides is 1. The van der Waals surface area contributed by atoms with Gasteiger partial charge in [-0.05, 0) is 30.3 Å². The van der Waals surface area contributed by atoms with Crippen molar-refractivity contribution in [3.05, 3.63) is 59.7 Å². The monoisotopic (exact) mass is 318 g/mol. The maximum Gasteiger partial charge on any atom is 0.258 e. The van der Waals surface area contributed by atoms with Crippen LogP contribution in [0.15, 0.2) is 42.5 Å². The summed E-state index contributed by atoms with van der Waals surface area (Å²) in [6.07, 6.45) is 0. The van der Waals surface area contributed by atoms with E-state index in [9.17, 15) is 13.6 Å². The molecule has 1 fully saturated rings. The van der Waals surface area contributed by atoms with Crippen molar-refractivity contribution in [3.8, 4) is 0 Å². The zero-order valence-electron chi connectivity index (χ0n) is 12.4. The van der Waals surface area contributed by atoms with Crippen molar-refractivity contribution < 1.29 is 18.3 Å². The summed E-state index contributed by atoms with van der Waals surface area (Å²) in [5.41, 5.74) is 0.699. The summed E-state index contributed by atoms with van der Waals surface area (Å²) >= 11 is 0. The first-order valence-corrected chi connectivity index (χ1v) is 7.33. The summed E-state index contributed by atoms with van der Waals surface area (Å²) in [5, 5.41) is 2.43. The van der Waals surface area contributed by atoms with Gasteiger partial charge in [0.2, 0.25) is 0 Å².